The molecule has 0 saturated carbocycles. The highest BCUT2D eigenvalue weighted by atomic mass is 35.5. The van der Waals surface area contributed by atoms with Crippen molar-refractivity contribution in [2.45, 2.75) is 45.1 Å². The van der Waals surface area contributed by atoms with Crippen molar-refractivity contribution in [1.82, 2.24) is 4.90 Å². The molecule has 1 atom stereocenters. The zero-order valence-electron chi connectivity index (χ0n) is 13.6. The minimum atomic E-state index is -0.742. The Kier molecular flexibility index (Phi) is 9.35. The number of hydrogen-bond acceptors (Lipinski definition) is 2. The zero-order chi connectivity index (χ0) is 14.8. The van der Waals surface area contributed by atoms with Crippen LogP contribution in [0.1, 0.15) is 45.1 Å². The first-order chi connectivity index (χ1) is 9.36. The van der Waals surface area contributed by atoms with Gasteiger partial charge in [-0.25, -0.2) is 0 Å². The van der Waals surface area contributed by atoms with Crippen molar-refractivity contribution in [3.8, 4) is 0 Å². The average molecular weight is 369 g/mol. The summed E-state index contributed by atoms with van der Waals surface area (Å²) >= 11 is 6.11. The summed E-state index contributed by atoms with van der Waals surface area (Å²) in [7, 11) is 0. The number of aliphatic hydroxyl groups is 1. The fourth-order valence-electron chi connectivity index (χ4n) is 2.96. The number of nitrogens with zero attached hydrogens (tertiary/aromatic N) is 1. The van der Waals surface area contributed by atoms with Crippen molar-refractivity contribution in [2.75, 3.05) is 19.6 Å². The van der Waals surface area contributed by atoms with Gasteiger partial charge in [0.25, 0.3) is 0 Å². The minimum absolute atomic E-state index is 0. The van der Waals surface area contributed by atoms with Crippen molar-refractivity contribution in [3.05, 3.63) is 34.9 Å². The molecule has 1 N–H and O–H groups in total. The number of rotatable bonds is 4. The van der Waals surface area contributed by atoms with Gasteiger partial charge in [0.15, 0.2) is 0 Å². The van der Waals surface area contributed by atoms with E-state index >= 15 is 0 Å². The van der Waals surface area contributed by atoms with Gasteiger partial charge in [0.1, 0.15) is 0 Å². The summed E-state index contributed by atoms with van der Waals surface area (Å²) in [5.74, 6) is 0.924. The summed E-state index contributed by atoms with van der Waals surface area (Å²) in [6.07, 6.45) is 2.52. The average Bonchev–Trinajstić information content (AvgIpc) is 2.36. The summed E-state index contributed by atoms with van der Waals surface area (Å²) in [5, 5.41) is 11.3. The number of piperidine rings is 1. The van der Waals surface area contributed by atoms with E-state index in [4.69, 9.17) is 11.6 Å². The van der Waals surface area contributed by atoms with Gasteiger partial charge in [0.05, 0.1) is 5.60 Å². The molecule has 1 aromatic rings. The van der Waals surface area contributed by atoms with Gasteiger partial charge < -0.3 is 10.0 Å². The van der Waals surface area contributed by atoms with E-state index in [0.717, 1.165) is 36.1 Å². The number of halogens is 3. The normalized spacial score (nSPS) is 18.2. The first-order valence-corrected chi connectivity index (χ1v) is 7.94. The van der Waals surface area contributed by atoms with Crippen molar-refractivity contribution in [2.24, 2.45) is 5.92 Å². The number of benzene rings is 1. The minimum Gasteiger partial charge on any atom is -0.390 e. The van der Waals surface area contributed by atoms with E-state index < -0.39 is 5.60 Å². The maximum absolute atomic E-state index is 10.5. The van der Waals surface area contributed by atoms with E-state index in [2.05, 4.69) is 17.9 Å². The van der Waals surface area contributed by atoms with Crippen molar-refractivity contribution in [1.29, 1.82) is 0 Å². The third-order valence-corrected chi connectivity index (χ3v) is 4.66. The van der Waals surface area contributed by atoms with E-state index in [1.165, 1.54) is 12.8 Å². The lowest BCUT2D eigenvalue weighted by molar-refractivity contribution is 0.0298. The second-order valence-corrected chi connectivity index (χ2v) is 7.18. The zero-order valence-corrected chi connectivity index (χ0v) is 16.0. The van der Waals surface area contributed by atoms with Crippen LogP contribution in [0.15, 0.2) is 24.3 Å². The van der Waals surface area contributed by atoms with Gasteiger partial charge in [-0.3, -0.25) is 0 Å². The monoisotopic (exact) mass is 367 g/mol. The van der Waals surface area contributed by atoms with Crippen LogP contribution in [0.5, 0.6) is 0 Å². The second kappa shape index (κ2) is 9.34. The Balaban J connectivity index is 0.00000220. The summed E-state index contributed by atoms with van der Waals surface area (Å²) in [5.41, 5.74) is 0.386. The van der Waals surface area contributed by atoms with Crippen LogP contribution in [0.3, 0.4) is 0 Å². The maximum atomic E-state index is 10.5. The van der Waals surface area contributed by atoms with Gasteiger partial charge in [-0.15, -0.1) is 24.8 Å². The lowest BCUT2D eigenvalue weighted by Crippen LogP contribution is -2.42. The van der Waals surface area contributed by atoms with Crippen LogP contribution in [0.25, 0.3) is 0 Å². The lowest BCUT2D eigenvalue weighted by Gasteiger charge is -2.37. The highest BCUT2D eigenvalue weighted by molar-refractivity contribution is 6.30. The summed E-state index contributed by atoms with van der Waals surface area (Å²) in [4.78, 5) is 2.48. The van der Waals surface area contributed by atoms with Crippen LogP contribution in [-0.4, -0.2) is 35.2 Å². The SMILES string of the molecule is CC1CCN(CC(c2cccc(Cl)c2)C(C)(C)O)CC1.Cl.Cl. The van der Waals surface area contributed by atoms with Gasteiger partial charge in [-0.1, -0.05) is 30.7 Å². The summed E-state index contributed by atoms with van der Waals surface area (Å²) in [6.45, 7) is 9.28. The van der Waals surface area contributed by atoms with E-state index in [1.54, 1.807) is 0 Å². The van der Waals surface area contributed by atoms with Crippen molar-refractivity contribution < 1.29 is 5.11 Å². The Labute approximate surface area is 152 Å². The highest BCUT2D eigenvalue weighted by Crippen LogP contribution is 2.31. The van der Waals surface area contributed by atoms with Crippen molar-refractivity contribution >= 4 is 36.4 Å². The van der Waals surface area contributed by atoms with Crippen LogP contribution in [0, 0.1) is 5.92 Å². The molecule has 5 heteroatoms. The molecule has 128 valence electrons. The van der Waals surface area contributed by atoms with E-state index in [-0.39, 0.29) is 30.7 Å². The van der Waals surface area contributed by atoms with Gasteiger partial charge in [-0.2, -0.15) is 0 Å². The molecule has 2 rings (SSSR count). The smallest absolute Gasteiger partial charge is 0.0672 e. The quantitative estimate of drug-likeness (QED) is 0.827. The molecule has 0 aliphatic carbocycles. The lowest BCUT2D eigenvalue weighted by atomic mass is 9.83. The first-order valence-electron chi connectivity index (χ1n) is 7.56. The third kappa shape index (κ3) is 6.25. The van der Waals surface area contributed by atoms with Crippen LogP contribution >= 0.6 is 36.4 Å². The van der Waals surface area contributed by atoms with Gasteiger partial charge >= 0.3 is 0 Å². The van der Waals surface area contributed by atoms with E-state index in [0.29, 0.717) is 0 Å². The molecule has 1 saturated heterocycles. The molecule has 1 fully saturated rings. The molecule has 1 unspecified atom stereocenters. The number of hydrogen-bond donors (Lipinski definition) is 1. The topological polar surface area (TPSA) is 23.5 Å². The first kappa shape index (κ1) is 22.0. The van der Waals surface area contributed by atoms with Gasteiger partial charge in [-0.05, 0) is 63.4 Å². The van der Waals surface area contributed by atoms with E-state index in [1.807, 2.05) is 32.0 Å². The molecular formula is C17H28Cl3NO. The predicted octanol–water partition coefficient (Wildman–Crippen LogP) is 4.77. The van der Waals surface area contributed by atoms with Crippen LogP contribution in [0.4, 0.5) is 0 Å². The molecule has 2 nitrogen and oxygen atoms in total. The van der Waals surface area contributed by atoms with Crippen LogP contribution in [-0.2, 0) is 0 Å². The van der Waals surface area contributed by atoms with Gasteiger partial charge in [0, 0.05) is 17.5 Å². The maximum Gasteiger partial charge on any atom is 0.0672 e. The molecular weight excluding hydrogens is 341 g/mol. The molecule has 0 radical (unpaired) electrons. The molecule has 1 aliphatic heterocycles. The molecule has 0 amide bonds. The van der Waals surface area contributed by atoms with Crippen LogP contribution in [0.2, 0.25) is 5.02 Å². The standard InChI is InChI=1S/C17H26ClNO.2ClH/c1-13-7-9-19(10-8-13)12-16(17(2,3)20)14-5-4-6-15(18)11-14;;/h4-6,11,13,16,20H,7-10,12H2,1-3H3;2*1H. The highest BCUT2D eigenvalue weighted by Gasteiger charge is 2.31. The summed E-state index contributed by atoms with van der Waals surface area (Å²) in [6, 6.07) is 7.90. The number of likely N-dealkylation sites (tertiary alicyclic amines) is 1. The fraction of sp³-hybridized carbons (Fsp3) is 0.647. The molecule has 1 aliphatic rings. The fourth-order valence-corrected chi connectivity index (χ4v) is 3.16. The molecule has 0 aromatic heterocycles. The molecule has 1 aromatic carbocycles. The Morgan fingerprint density at radius 2 is 1.86 bits per heavy atom. The Morgan fingerprint density at radius 3 is 2.36 bits per heavy atom. The predicted molar refractivity (Wildman–Crippen MR) is 99.8 cm³/mol. The molecule has 1 heterocycles. The molecule has 0 bridgehead atoms. The molecule has 0 spiro atoms. The molecule has 22 heavy (non-hydrogen) atoms. The summed E-state index contributed by atoms with van der Waals surface area (Å²) < 4.78 is 0. The second-order valence-electron chi connectivity index (χ2n) is 6.74. The van der Waals surface area contributed by atoms with E-state index in [9.17, 15) is 5.11 Å². The Morgan fingerprint density at radius 1 is 1.27 bits per heavy atom. The Hall–Kier alpha value is 0.01000. The van der Waals surface area contributed by atoms with Crippen LogP contribution < -0.4 is 0 Å². The van der Waals surface area contributed by atoms with Gasteiger partial charge in [0.2, 0.25) is 0 Å². The Bertz CT molecular complexity index is 440. The third-order valence-electron chi connectivity index (χ3n) is 4.42. The largest absolute Gasteiger partial charge is 0.390 e. The van der Waals surface area contributed by atoms with Crippen molar-refractivity contribution in [3.63, 3.8) is 0 Å².